The van der Waals surface area contributed by atoms with Crippen molar-refractivity contribution < 1.29 is 23.6 Å². The van der Waals surface area contributed by atoms with Crippen LogP contribution in [0.5, 0.6) is 0 Å². The molecule has 0 saturated heterocycles. The minimum atomic E-state index is -0.716. The summed E-state index contributed by atoms with van der Waals surface area (Å²) in [6.07, 6.45) is 0. The third kappa shape index (κ3) is 3.93. The molecule has 27 heavy (non-hydrogen) atoms. The number of carbonyl (C=O) groups is 2. The van der Waals surface area contributed by atoms with Crippen molar-refractivity contribution in [3.63, 3.8) is 0 Å². The summed E-state index contributed by atoms with van der Waals surface area (Å²) in [5, 5.41) is 13.4. The Morgan fingerprint density at radius 2 is 1.93 bits per heavy atom. The topological polar surface area (TPSA) is 98.5 Å². The molecule has 0 unspecified atom stereocenters. The zero-order chi connectivity index (χ0) is 19.6. The molecule has 0 fully saturated rings. The average molecular weight is 388 g/mol. The Kier molecular flexibility index (Phi) is 5.13. The smallest absolute Gasteiger partial charge is 0.349 e. The van der Waals surface area contributed by atoms with Crippen molar-refractivity contribution in [3.05, 3.63) is 68.8 Å². The van der Waals surface area contributed by atoms with Crippen LogP contribution in [0.1, 0.15) is 15.2 Å². The number of nitro groups is 1. The molecule has 0 bridgehead atoms. The van der Waals surface area contributed by atoms with Crippen molar-refractivity contribution in [2.75, 3.05) is 11.9 Å². The van der Waals surface area contributed by atoms with Gasteiger partial charge in [-0.1, -0.05) is 6.07 Å². The molecular formula is C18H13FN2O5S. The molecule has 0 saturated carbocycles. The molecule has 0 radical (unpaired) electrons. The molecule has 1 aromatic heterocycles. The van der Waals surface area contributed by atoms with Gasteiger partial charge in [-0.05, 0) is 36.8 Å². The summed E-state index contributed by atoms with van der Waals surface area (Å²) in [6, 6.07) is 9.81. The molecule has 138 valence electrons. The molecule has 2 aromatic carbocycles. The standard InChI is InChI=1S/C18H13FN2O5S/c1-10-16-13(19)3-2-4-14(16)27-17(10)18(23)26-9-15(22)20-11-5-7-12(8-6-11)21(24)25/h2-8H,9H2,1H3,(H,20,22). The van der Waals surface area contributed by atoms with Crippen LogP contribution in [0, 0.1) is 22.9 Å². The Bertz CT molecular complexity index is 1050. The van der Waals surface area contributed by atoms with E-state index < -0.39 is 29.2 Å². The number of halogens is 1. The maximum atomic E-state index is 13.9. The minimum Gasteiger partial charge on any atom is -0.451 e. The predicted octanol–water partition coefficient (Wildman–Crippen LogP) is 4.05. The van der Waals surface area contributed by atoms with Gasteiger partial charge in [0.1, 0.15) is 10.7 Å². The van der Waals surface area contributed by atoms with E-state index in [2.05, 4.69) is 5.32 Å². The molecule has 1 heterocycles. The lowest BCUT2D eigenvalue weighted by molar-refractivity contribution is -0.384. The second-order valence-corrected chi connectivity index (χ2v) is 6.65. The zero-order valence-electron chi connectivity index (χ0n) is 14.0. The van der Waals surface area contributed by atoms with Crippen LogP contribution in [0.3, 0.4) is 0 Å². The highest BCUT2D eigenvalue weighted by Crippen LogP contribution is 2.32. The van der Waals surface area contributed by atoms with Crippen LogP contribution in [0.15, 0.2) is 42.5 Å². The summed E-state index contributed by atoms with van der Waals surface area (Å²) in [7, 11) is 0. The van der Waals surface area contributed by atoms with E-state index in [1.54, 1.807) is 19.1 Å². The molecular weight excluding hydrogens is 375 g/mol. The summed E-state index contributed by atoms with van der Waals surface area (Å²) in [4.78, 5) is 34.4. The molecule has 3 aromatic rings. The zero-order valence-corrected chi connectivity index (χ0v) is 14.8. The Hall–Kier alpha value is -3.33. The van der Waals surface area contributed by atoms with Crippen molar-refractivity contribution in [3.8, 4) is 0 Å². The first-order valence-electron chi connectivity index (χ1n) is 7.76. The summed E-state index contributed by atoms with van der Waals surface area (Å²) in [5.41, 5.74) is 0.697. The van der Waals surface area contributed by atoms with E-state index in [1.807, 2.05) is 0 Å². The Morgan fingerprint density at radius 1 is 1.22 bits per heavy atom. The van der Waals surface area contributed by atoms with Crippen molar-refractivity contribution in [1.82, 2.24) is 0 Å². The number of ether oxygens (including phenoxy) is 1. The number of anilines is 1. The van der Waals surface area contributed by atoms with Crippen LogP contribution in [-0.4, -0.2) is 23.4 Å². The van der Waals surface area contributed by atoms with E-state index >= 15 is 0 Å². The third-order valence-electron chi connectivity index (χ3n) is 3.78. The van der Waals surface area contributed by atoms with Crippen LogP contribution in [0.25, 0.3) is 10.1 Å². The van der Waals surface area contributed by atoms with E-state index in [-0.39, 0.29) is 10.6 Å². The lowest BCUT2D eigenvalue weighted by Gasteiger charge is -2.06. The number of nitrogens with zero attached hydrogens (tertiary/aromatic N) is 1. The molecule has 0 spiro atoms. The number of carbonyl (C=O) groups excluding carboxylic acids is 2. The molecule has 1 N–H and O–H groups in total. The Morgan fingerprint density at radius 3 is 2.56 bits per heavy atom. The fourth-order valence-electron chi connectivity index (χ4n) is 2.51. The number of hydrogen-bond donors (Lipinski definition) is 1. The lowest BCUT2D eigenvalue weighted by atomic mass is 10.1. The van der Waals surface area contributed by atoms with Crippen LogP contribution < -0.4 is 5.32 Å². The molecule has 1 amide bonds. The van der Waals surface area contributed by atoms with Crippen molar-refractivity contribution in [2.45, 2.75) is 6.92 Å². The number of nitro benzene ring substituents is 1. The maximum Gasteiger partial charge on any atom is 0.349 e. The van der Waals surface area contributed by atoms with E-state index in [0.717, 1.165) is 11.3 Å². The van der Waals surface area contributed by atoms with Gasteiger partial charge in [0.05, 0.1) is 4.92 Å². The third-order valence-corrected chi connectivity index (χ3v) is 5.02. The Balaban J connectivity index is 1.63. The van der Waals surface area contributed by atoms with Gasteiger partial charge in [0, 0.05) is 27.9 Å². The van der Waals surface area contributed by atoms with Gasteiger partial charge in [-0.25, -0.2) is 9.18 Å². The molecule has 0 aliphatic carbocycles. The molecule has 0 aliphatic heterocycles. The first kappa shape index (κ1) is 18.5. The van der Waals surface area contributed by atoms with Gasteiger partial charge in [-0.15, -0.1) is 11.3 Å². The van der Waals surface area contributed by atoms with E-state index in [4.69, 9.17) is 4.74 Å². The van der Waals surface area contributed by atoms with Crippen molar-refractivity contribution in [2.24, 2.45) is 0 Å². The lowest BCUT2D eigenvalue weighted by Crippen LogP contribution is -2.20. The quantitative estimate of drug-likeness (QED) is 0.404. The molecule has 7 nitrogen and oxygen atoms in total. The normalized spacial score (nSPS) is 10.6. The van der Waals surface area contributed by atoms with Gasteiger partial charge in [-0.2, -0.15) is 0 Å². The first-order chi connectivity index (χ1) is 12.9. The monoisotopic (exact) mass is 388 g/mol. The fourth-order valence-corrected chi connectivity index (χ4v) is 3.62. The van der Waals surface area contributed by atoms with Gasteiger partial charge in [0.2, 0.25) is 0 Å². The summed E-state index contributed by atoms with van der Waals surface area (Å²) in [5.74, 6) is -1.73. The van der Waals surface area contributed by atoms with Gasteiger partial charge in [0.15, 0.2) is 6.61 Å². The number of nitrogens with one attached hydrogen (secondary N) is 1. The number of hydrogen-bond acceptors (Lipinski definition) is 6. The summed E-state index contributed by atoms with van der Waals surface area (Å²) in [6.45, 7) is 1.08. The van der Waals surface area contributed by atoms with Crippen molar-refractivity contribution in [1.29, 1.82) is 0 Å². The van der Waals surface area contributed by atoms with Crippen LogP contribution in [0.2, 0.25) is 0 Å². The van der Waals surface area contributed by atoms with E-state index in [9.17, 15) is 24.1 Å². The highest BCUT2D eigenvalue weighted by molar-refractivity contribution is 7.21. The second kappa shape index (κ2) is 7.50. The number of amides is 1. The van der Waals surface area contributed by atoms with Crippen LogP contribution >= 0.6 is 11.3 Å². The highest BCUT2D eigenvalue weighted by atomic mass is 32.1. The SMILES string of the molecule is Cc1c(C(=O)OCC(=O)Nc2ccc([N+](=O)[O-])cc2)sc2cccc(F)c12. The predicted molar refractivity (Wildman–Crippen MR) is 98.5 cm³/mol. The molecule has 0 atom stereocenters. The number of non-ortho nitro benzene ring substituents is 1. The number of fused-ring (bicyclic) bond motifs is 1. The second-order valence-electron chi connectivity index (χ2n) is 5.60. The number of rotatable bonds is 5. The number of benzene rings is 2. The van der Waals surface area contributed by atoms with Gasteiger partial charge < -0.3 is 10.1 Å². The number of aryl methyl sites for hydroxylation is 1. The van der Waals surface area contributed by atoms with E-state index in [1.165, 1.54) is 30.3 Å². The summed E-state index contributed by atoms with van der Waals surface area (Å²) < 4.78 is 19.5. The summed E-state index contributed by atoms with van der Waals surface area (Å²) >= 11 is 1.10. The number of esters is 1. The minimum absolute atomic E-state index is 0.105. The Labute approximate surface area is 156 Å². The highest BCUT2D eigenvalue weighted by Gasteiger charge is 2.20. The van der Waals surface area contributed by atoms with Gasteiger partial charge >= 0.3 is 5.97 Å². The molecule has 0 aliphatic rings. The van der Waals surface area contributed by atoms with E-state index in [0.29, 0.717) is 21.3 Å². The first-order valence-corrected chi connectivity index (χ1v) is 8.57. The van der Waals surface area contributed by atoms with Gasteiger partial charge in [-0.3, -0.25) is 14.9 Å². The van der Waals surface area contributed by atoms with Crippen LogP contribution in [0.4, 0.5) is 15.8 Å². The average Bonchev–Trinajstić information content (AvgIpc) is 2.98. The fraction of sp³-hybridized carbons (Fsp3) is 0.111. The maximum absolute atomic E-state index is 13.9. The molecule has 3 rings (SSSR count). The molecule has 9 heteroatoms. The number of thiophene rings is 1. The largest absolute Gasteiger partial charge is 0.451 e. The van der Waals surface area contributed by atoms with Crippen molar-refractivity contribution >= 4 is 44.7 Å². The van der Waals surface area contributed by atoms with Crippen LogP contribution in [-0.2, 0) is 9.53 Å². The van der Waals surface area contributed by atoms with Gasteiger partial charge in [0.25, 0.3) is 11.6 Å².